The quantitative estimate of drug-likeness (QED) is 0.546. The molecule has 0 aliphatic carbocycles. The van der Waals surface area contributed by atoms with Crippen molar-refractivity contribution in [2.24, 2.45) is 0 Å². The molecule has 37 heavy (non-hydrogen) atoms. The van der Waals surface area contributed by atoms with Gasteiger partial charge >= 0.3 is 18.1 Å². The van der Waals surface area contributed by atoms with Crippen molar-refractivity contribution in [2.75, 3.05) is 42.7 Å². The smallest absolute Gasteiger partial charge is 0.410 e. The van der Waals surface area contributed by atoms with Crippen LogP contribution in [-0.2, 0) is 21.0 Å². The summed E-state index contributed by atoms with van der Waals surface area (Å²) in [5, 5.41) is 14.2. The summed E-state index contributed by atoms with van der Waals surface area (Å²) in [5.41, 5.74) is 3.49. The summed E-state index contributed by atoms with van der Waals surface area (Å²) in [6, 6.07) is 4.53. The summed E-state index contributed by atoms with van der Waals surface area (Å²) in [6.07, 6.45) is 2.67. The molecular weight excluding hydrogens is 496 g/mol. The summed E-state index contributed by atoms with van der Waals surface area (Å²) in [6.45, 7) is 12.3. The molecule has 0 saturated carbocycles. The monoisotopic (exact) mass is 534 g/mol. The number of anilines is 3. The second kappa shape index (κ2) is 10.5. The number of hydrogen-bond donors (Lipinski definition) is 2. The van der Waals surface area contributed by atoms with Gasteiger partial charge < -0.3 is 24.7 Å². The highest BCUT2D eigenvalue weighted by atomic mass is 32.2. The molecule has 4 rings (SSSR count). The molecule has 2 aliphatic rings. The maximum absolute atomic E-state index is 12.9. The van der Waals surface area contributed by atoms with Crippen molar-refractivity contribution in [3.05, 3.63) is 28.8 Å². The molecule has 0 unspecified atom stereocenters. The zero-order valence-electron chi connectivity index (χ0n) is 22.5. The Morgan fingerprint density at radius 1 is 1.30 bits per heavy atom. The van der Waals surface area contributed by atoms with Crippen LogP contribution < -0.4 is 15.5 Å². The van der Waals surface area contributed by atoms with E-state index in [0.717, 1.165) is 35.3 Å². The first kappa shape index (κ1) is 27.2. The number of rotatable bonds is 7. The van der Waals surface area contributed by atoms with Crippen molar-refractivity contribution >= 4 is 33.6 Å². The second-order valence-electron chi connectivity index (χ2n) is 10.7. The van der Waals surface area contributed by atoms with E-state index >= 15 is 0 Å². The molecule has 0 bridgehead atoms. The van der Waals surface area contributed by atoms with Gasteiger partial charge in [-0.15, -0.1) is 0 Å². The lowest BCUT2D eigenvalue weighted by Gasteiger charge is -2.45. The van der Waals surface area contributed by atoms with E-state index in [1.807, 2.05) is 38.7 Å². The molecule has 204 valence electrons. The Bertz CT molecular complexity index is 1250. The summed E-state index contributed by atoms with van der Waals surface area (Å²) in [4.78, 5) is 16.4. The van der Waals surface area contributed by atoms with Gasteiger partial charge in [0, 0.05) is 38.1 Å². The molecule has 2 atom stereocenters. The van der Waals surface area contributed by atoms with Gasteiger partial charge in [-0.05, 0) is 76.6 Å². The number of aryl methyl sites for hydroxylation is 1. The first-order chi connectivity index (χ1) is 17.4. The van der Waals surface area contributed by atoms with Crippen molar-refractivity contribution in [1.82, 2.24) is 20.4 Å². The van der Waals surface area contributed by atoms with E-state index in [1.54, 1.807) is 4.90 Å². The van der Waals surface area contributed by atoms with Crippen LogP contribution in [0.25, 0.3) is 0 Å². The molecule has 3 heterocycles. The number of benzene rings is 1. The normalized spacial score (nSPS) is 22.5. The van der Waals surface area contributed by atoms with Gasteiger partial charge in [-0.2, -0.15) is 0 Å². The van der Waals surface area contributed by atoms with Crippen LogP contribution >= 0.6 is 0 Å². The maximum atomic E-state index is 12.9. The number of amides is 1. The number of aromatic nitrogens is 2. The largest absolute Gasteiger partial charge is 0.447 e. The number of nitrogens with zero attached hydrogens (tertiary/aromatic N) is 4. The van der Waals surface area contributed by atoms with Crippen molar-refractivity contribution in [3.8, 4) is 0 Å². The highest BCUT2D eigenvalue weighted by Gasteiger charge is 2.39. The van der Waals surface area contributed by atoms with E-state index < -0.39 is 20.8 Å². The predicted octanol–water partition coefficient (Wildman–Crippen LogP) is 3.15. The number of piperazine rings is 1. The Labute approximate surface area is 218 Å². The molecule has 1 aromatic carbocycles. The molecule has 2 aromatic rings. The third-order valence-electron chi connectivity index (χ3n) is 7.05. The van der Waals surface area contributed by atoms with Gasteiger partial charge in [-0.25, -0.2) is 13.2 Å². The lowest BCUT2D eigenvalue weighted by Crippen LogP contribution is -2.62. The molecule has 0 spiro atoms. The first-order valence-corrected chi connectivity index (χ1v) is 14.7. The van der Waals surface area contributed by atoms with Gasteiger partial charge in [0.2, 0.25) is 0 Å². The number of nitrogens with one attached hydrogen (secondary N) is 2. The molecule has 2 aliphatic heterocycles. The van der Waals surface area contributed by atoms with Gasteiger partial charge in [0.25, 0.3) is 0 Å². The van der Waals surface area contributed by atoms with Crippen LogP contribution in [0.1, 0.15) is 50.3 Å². The molecule has 2 N–H and O–H groups in total. The Morgan fingerprint density at radius 3 is 2.76 bits per heavy atom. The summed E-state index contributed by atoms with van der Waals surface area (Å²) in [7, 11) is -3.27. The number of ether oxygens (including phenoxy) is 1. The summed E-state index contributed by atoms with van der Waals surface area (Å²) >= 11 is 0. The third kappa shape index (κ3) is 6.01. The summed E-state index contributed by atoms with van der Waals surface area (Å²) < 4.78 is 35.7. The fourth-order valence-corrected chi connectivity index (χ4v) is 6.46. The Morgan fingerprint density at radius 2 is 2.05 bits per heavy atom. The molecule has 2 saturated heterocycles. The van der Waals surface area contributed by atoms with E-state index in [1.165, 1.54) is 6.26 Å². The number of carbonyl (C=O) groups excluding carboxylic acids is 1. The molecule has 11 nitrogen and oxygen atoms in total. The van der Waals surface area contributed by atoms with E-state index in [0.29, 0.717) is 32.5 Å². The number of hydrogen-bond acceptors (Lipinski definition) is 10. The zero-order chi connectivity index (χ0) is 27.0. The van der Waals surface area contributed by atoms with Crippen molar-refractivity contribution < 1.29 is 22.4 Å². The lowest BCUT2D eigenvalue weighted by atomic mass is 9.86. The van der Waals surface area contributed by atoms with Crippen LogP contribution in [0.5, 0.6) is 0 Å². The topological polar surface area (TPSA) is 130 Å². The minimum atomic E-state index is -3.27. The average Bonchev–Trinajstić information content (AvgIpc) is 3.46. The van der Waals surface area contributed by atoms with Crippen LogP contribution in [0.3, 0.4) is 0 Å². The van der Waals surface area contributed by atoms with Crippen LogP contribution in [-0.4, -0.2) is 79.1 Å². The Balaban J connectivity index is 1.56. The van der Waals surface area contributed by atoms with Gasteiger partial charge in [-0.1, -0.05) is 16.3 Å². The van der Waals surface area contributed by atoms with E-state index in [4.69, 9.17) is 9.15 Å². The van der Waals surface area contributed by atoms with Crippen LogP contribution in [0, 0.1) is 13.8 Å². The highest BCUT2D eigenvalue weighted by molar-refractivity contribution is 7.91. The van der Waals surface area contributed by atoms with Crippen molar-refractivity contribution in [2.45, 2.75) is 70.9 Å². The van der Waals surface area contributed by atoms with Crippen molar-refractivity contribution in [3.63, 3.8) is 0 Å². The molecule has 2 fully saturated rings. The second-order valence-corrected chi connectivity index (χ2v) is 12.9. The van der Waals surface area contributed by atoms with Crippen LogP contribution in [0.15, 0.2) is 16.5 Å². The highest BCUT2D eigenvalue weighted by Crippen LogP contribution is 2.32. The minimum Gasteiger partial charge on any atom is -0.447 e. The van der Waals surface area contributed by atoms with E-state index in [-0.39, 0.29) is 24.2 Å². The third-order valence-corrected chi connectivity index (χ3v) is 8.53. The van der Waals surface area contributed by atoms with E-state index in [9.17, 15) is 13.2 Å². The number of sulfone groups is 1. The minimum absolute atomic E-state index is 0.185. The fourth-order valence-electron chi connectivity index (χ4n) is 5.20. The van der Waals surface area contributed by atoms with E-state index in [2.05, 4.69) is 33.8 Å². The molecule has 0 radical (unpaired) electrons. The van der Waals surface area contributed by atoms with Crippen molar-refractivity contribution in [1.29, 1.82) is 0 Å². The van der Waals surface area contributed by atoms with Gasteiger partial charge in [0.1, 0.15) is 5.37 Å². The number of carbonyl (C=O) groups is 1. The maximum Gasteiger partial charge on any atom is 0.410 e. The molecule has 1 aromatic heterocycles. The molecule has 12 heteroatoms. The molecule has 1 amide bonds. The standard InChI is InChI=1S/C25H38N6O5S/c1-16(2)35-24(32)31-11-9-26-15-25(31,5)14-19-12-17(3)13-20(18(19)4)27-22-28-29-23(36-22)30-10-7-8-21(30)37(6,33)34/h12-13,16,21,26H,7-11,14-15H2,1-6H3,(H,27,28)/t21-,25-/m0/s1. The summed E-state index contributed by atoms with van der Waals surface area (Å²) in [5.74, 6) is 0. The average molecular weight is 535 g/mol. The molecular formula is C25H38N6O5S. The van der Waals surface area contributed by atoms with Crippen LogP contribution in [0.2, 0.25) is 0 Å². The first-order valence-electron chi connectivity index (χ1n) is 12.7. The Kier molecular flexibility index (Phi) is 7.70. The van der Waals surface area contributed by atoms with Gasteiger partial charge in [-0.3, -0.25) is 4.90 Å². The SMILES string of the molecule is Cc1cc(C[C@@]2(C)CNCCN2C(=O)OC(C)C)c(C)c(Nc2nnc(N3CCC[C@@H]3S(C)(=O)=O)o2)c1. The predicted molar refractivity (Wildman–Crippen MR) is 142 cm³/mol. The lowest BCUT2D eigenvalue weighted by molar-refractivity contribution is 0.0272. The zero-order valence-corrected chi connectivity index (χ0v) is 23.3. The van der Waals surface area contributed by atoms with Crippen LogP contribution in [0.4, 0.5) is 22.5 Å². The van der Waals surface area contributed by atoms with Gasteiger partial charge in [0.05, 0.1) is 11.6 Å². The Hall–Kier alpha value is -2.86. The fraction of sp³-hybridized carbons (Fsp3) is 0.640. The van der Waals surface area contributed by atoms with Gasteiger partial charge in [0.15, 0.2) is 9.84 Å².